The monoisotopic (exact) mass is 409 g/mol. The molecule has 0 aliphatic carbocycles. The Morgan fingerprint density at radius 1 is 1.08 bits per heavy atom. The van der Waals surface area contributed by atoms with Gasteiger partial charge in [0.05, 0.1) is 31.1 Å². The first-order valence-electron chi connectivity index (χ1n) is 8.10. The number of hydrogen-bond acceptors (Lipinski definition) is 2. The summed E-state index contributed by atoms with van der Waals surface area (Å²) in [6, 6.07) is 15.3. The molecule has 2 aromatic rings. The van der Waals surface area contributed by atoms with Gasteiger partial charge >= 0.3 is 0 Å². The maximum atomic E-state index is 12.8. The highest BCUT2D eigenvalue weighted by molar-refractivity contribution is 9.10. The zero-order chi connectivity index (χ0) is 17.2. The van der Waals surface area contributed by atoms with Crippen molar-refractivity contribution < 1.29 is 13.3 Å². The highest BCUT2D eigenvalue weighted by Gasteiger charge is 2.30. The lowest BCUT2D eigenvalue weighted by Gasteiger charge is -2.31. The lowest BCUT2D eigenvalue weighted by atomic mass is 10.1. The summed E-state index contributed by atoms with van der Waals surface area (Å²) in [6.07, 6.45) is 0. The van der Waals surface area contributed by atoms with Gasteiger partial charge in [0.25, 0.3) is 0 Å². The van der Waals surface area contributed by atoms with E-state index in [1.807, 2.05) is 6.07 Å². The minimum Gasteiger partial charge on any atom is -0.329 e. The average Bonchev–Trinajstić information content (AvgIpc) is 2.57. The minimum atomic E-state index is -3.40. The number of nitrogens with one attached hydrogen (secondary N) is 1. The van der Waals surface area contributed by atoms with Crippen molar-refractivity contribution in [3.05, 3.63) is 64.1 Å². The van der Waals surface area contributed by atoms with Gasteiger partial charge in [-0.15, -0.1) is 0 Å². The average molecular weight is 410 g/mol. The zero-order valence-electron chi connectivity index (χ0n) is 13.7. The molecule has 1 N–H and O–H groups in total. The number of piperazine rings is 1. The van der Waals surface area contributed by atoms with Crippen LogP contribution in [0, 0.1) is 6.92 Å². The second-order valence-corrected chi connectivity index (χ2v) is 9.07. The van der Waals surface area contributed by atoms with Crippen molar-refractivity contribution in [3.8, 4) is 0 Å². The molecule has 1 heterocycles. The number of benzene rings is 2. The van der Waals surface area contributed by atoms with Gasteiger partial charge in [-0.1, -0.05) is 46.3 Å². The standard InChI is InChI=1S/C18H21BrN2O2S/c1-15-5-2-3-6-16(15)14-20-9-11-21(12-10-20)24(22,23)18-8-4-7-17(19)13-18/h2-8,13H,9-12,14H2,1H3/p+1. The predicted molar refractivity (Wildman–Crippen MR) is 98.5 cm³/mol. The molecule has 1 saturated heterocycles. The third kappa shape index (κ3) is 3.88. The van der Waals surface area contributed by atoms with Crippen molar-refractivity contribution in [1.82, 2.24) is 4.31 Å². The third-order valence-electron chi connectivity index (χ3n) is 4.57. The van der Waals surface area contributed by atoms with E-state index in [1.165, 1.54) is 16.0 Å². The van der Waals surface area contributed by atoms with E-state index in [0.29, 0.717) is 18.0 Å². The predicted octanol–water partition coefficient (Wildman–Crippen LogP) is 1.85. The summed E-state index contributed by atoms with van der Waals surface area (Å²) >= 11 is 3.34. The van der Waals surface area contributed by atoms with Gasteiger partial charge < -0.3 is 4.90 Å². The highest BCUT2D eigenvalue weighted by Crippen LogP contribution is 2.20. The molecule has 0 amide bonds. The zero-order valence-corrected chi connectivity index (χ0v) is 16.1. The number of nitrogens with zero attached hydrogens (tertiary/aromatic N) is 1. The first-order chi connectivity index (χ1) is 11.5. The number of hydrogen-bond donors (Lipinski definition) is 1. The number of quaternary nitrogens is 1. The molecule has 6 heteroatoms. The second kappa shape index (κ2) is 7.35. The van der Waals surface area contributed by atoms with E-state index < -0.39 is 10.0 Å². The Labute approximate surface area is 152 Å². The van der Waals surface area contributed by atoms with E-state index in [9.17, 15) is 8.42 Å². The van der Waals surface area contributed by atoms with E-state index in [-0.39, 0.29) is 0 Å². The largest absolute Gasteiger partial charge is 0.329 e. The lowest BCUT2D eigenvalue weighted by Crippen LogP contribution is -3.13. The maximum Gasteiger partial charge on any atom is 0.243 e. The second-order valence-electron chi connectivity index (χ2n) is 6.21. The van der Waals surface area contributed by atoms with Gasteiger partial charge in [0.15, 0.2) is 0 Å². The Hall–Kier alpha value is -1.21. The summed E-state index contributed by atoms with van der Waals surface area (Å²) in [6.45, 7) is 5.88. The first-order valence-corrected chi connectivity index (χ1v) is 10.3. The molecule has 24 heavy (non-hydrogen) atoms. The van der Waals surface area contributed by atoms with Crippen LogP contribution in [0.5, 0.6) is 0 Å². The molecule has 2 aromatic carbocycles. The van der Waals surface area contributed by atoms with Crippen molar-refractivity contribution in [2.24, 2.45) is 0 Å². The van der Waals surface area contributed by atoms with E-state index in [1.54, 1.807) is 22.5 Å². The summed E-state index contributed by atoms with van der Waals surface area (Å²) < 4.78 is 27.9. The fourth-order valence-corrected chi connectivity index (χ4v) is 5.11. The molecule has 0 aromatic heterocycles. The van der Waals surface area contributed by atoms with Crippen LogP contribution in [0.3, 0.4) is 0 Å². The molecule has 0 bridgehead atoms. The van der Waals surface area contributed by atoms with Gasteiger partial charge in [-0.25, -0.2) is 8.42 Å². The summed E-state index contributed by atoms with van der Waals surface area (Å²) in [5.74, 6) is 0. The summed E-state index contributed by atoms with van der Waals surface area (Å²) in [7, 11) is -3.40. The van der Waals surface area contributed by atoms with Crippen LogP contribution >= 0.6 is 15.9 Å². The van der Waals surface area contributed by atoms with Crippen LogP contribution in [-0.4, -0.2) is 38.9 Å². The number of halogens is 1. The Morgan fingerprint density at radius 3 is 2.46 bits per heavy atom. The quantitative estimate of drug-likeness (QED) is 0.836. The van der Waals surface area contributed by atoms with Crippen molar-refractivity contribution >= 4 is 26.0 Å². The normalized spacial score (nSPS) is 17.1. The molecular weight excluding hydrogens is 388 g/mol. The van der Waals surface area contributed by atoms with Crippen molar-refractivity contribution in [2.75, 3.05) is 26.2 Å². The third-order valence-corrected chi connectivity index (χ3v) is 6.95. The molecule has 1 fully saturated rings. The molecule has 0 unspecified atom stereocenters. The van der Waals surface area contributed by atoms with Gasteiger partial charge in [0.2, 0.25) is 10.0 Å². The van der Waals surface area contributed by atoms with Crippen LogP contribution in [0.4, 0.5) is 0 Å². The molecule has 128 valence electrons. The van der Waals surface area contributed by atoms with Gasteiger partial charge in [-0.2, -0.15) is 4.31 Å². The fraction of sp³-hybridized carbons (Fsp3) is 0.333. The molecule has 0 saturated carbocycles. The van der Waals surface area contributed by atoms with E-state index in [2.05, 4.69) is 47.1 Å². The number of rotatable bonds is 4. The number of sulfonamides is 1. The van der Waals surface area contributed by atoms with E-state index >= 15 is 0 Å². The van der Waals surface area contributed by atoms with Crippen LogP contribution in [0.25, 0.3) is 0 Å². The van der Waals surface area contributed by atoms with Gasteiger partial charge in [0, 0.05) is 10.0 Å². The first kappa shape index (κ1) is 17.6. The fourth-order valence-electron chi connectivity index (χ4n) is 3.07. The Kier molecular flexibility index (Phi) is 5.39. The Bertz CT molecular complexity index is 815. The van der Waals surface area contributed by atoms with Gasteiger partial charge in [0.1, 0.15) is 6.54 Å². The molecule has 1 aliphatic rings. The maximum absolute atomic E-state index is 12.8. The van der Waals surface area contributed by atoms with Crippen LogP contribution in [0.15, 0.2) is 57.9 Å². The van der Waals surface area contributed by atoms with Crippen LogP contribution in [0.1, 0.15) is 11.1 Å². The molecular formula is C18H22BrN2O2S+. The SMILES string of the molecule is Cc1ccccc1C[NH+]1CCN(S(=O)(=O)c2cccc(Br)c2)CC1. The lowest BCUT2D eigenvalue weighted by molar-refractivity contribution is -0.917. The van der Waals surface area contributed by atoms with Crippen LogP contribution < -0.4 is 4.90 Å². The van der Waals surface area contributed by atoms with E-state index in [4.69, 9.17) is 0 Å². The van der Waals surface area contributed by atoms with Crippen LogP contribution in [-0.2, 0) is 16.6 Å². The van der Waals surface area contributed by atoms with Gasteiger partial charge in [-0.3, -0.25) is 0 Å². The van der Waals surface area contributed by atoms with Gasteiger partial charge in [-0.05, 0) is 30.7 Å². The van der Waals surface area contributed by atoms with Crippen molar-refractivity contribution in [3.63, 3.8) is 0 Å². The number of aryl methyl sites for hydroxylation is 1. The summed E-state index contributed by atoms with van der Waals surface area (Å²) in [5, 5.41) is 0. The summed E-state index contributed by atoms with van der Waals surface area (Å²) in [5.41, 5.74) is 2.64. The van der Waals surface area contributed by atoms with E-state index in [0.717, 1.165) is 24.1 Å². The Balaban J connectivity index is 1.65. The minimum absolute atomic E-state index is 0.360. The Morgan fingerprint density at radius 2 is 1.79 bits per heavy atom. The smallest absolute Gasteiger partial charge is 0.243 e. The topological polar surface area (TPSA) is 41.8 Å². The van der Waals surface area contributed by atoms with Crippen LogP contribution in [0.2, 0.25) is 0 Å². The molecule has 0 spiro atoms. The highest BCUT2D eigenvalue weighted by atomic mass is 79.9. The summed E-state index contributed by atoms with van der Waals surface area (Å²) in [4.78, 5) is 1.80. The molecule has 1 aliphatic heterocycles. The molecule has 0 radical (unpaired) electrons. The molecule has 3 rings (SSSR count). The molecule has 4 nitrogen and oxygen atoms in total. The molecule has 0 atom stereocenters. The van der Waals surface area contributed by atoms with Crippen molar-refractivity contribution in [1.29, 1.82) is 0 Å². The van der Waals surface area contributed by atoms with Crippen molar-refractivity contribution in [2.45, 2.75) is 18.4 Å².